The summed E-state index contributed by atoms with van der Waals surface area (Å²) in [4.78, 5) is 11.0. The van der Waals surface area contributed by atoms with Gasteiger partial charge in [-0.05, 0) is 19.4 Å². The van der Waals surface area contributed by atoms with E-state index in [2.05, 4.69) is 25.2 Å². The zero-order valence-electron chi connectivity index (χ0n) is 12.3. The Balaban J connectivity index is 1.72. The molecule has 2 aromatic heterocycles. The molecule has 114 valence electrons. The number of rotatable bonds is 5. The van der Waals surface area contributed by atoms with E-state index in [1.807, 2.05) is 13.8 Å². The van der Waals surface area contributed by atoms with Gasteiger partial charge in [0.05, 0.1) is 19.1 Å². The minimum Gasteiger partial charge on any atom is -0.339 e. The highest BCUT2D eigenvalue weighted by molar-refractivity contribution is 5.01. The number of aromatic nitrogens is 4. The van der Waals surface area contributed by atoms with Crippen LogP contribution >= 0.6 is 0 Å². The molecule has 1 unspecified atom stereocenters. The van der Waals surface area contributed by atoms with Crippen molar-refractivity contribution in [1.82, 2.24) is 25.2 Å². The standard InChI is InChI=1S/C13H20N6O2/c1-8(2)13-16-12(18-21-13)9-4-3-5-19(9)7-10-15-11(6-14)20-17-10/h8-9H,3-7,14H2,1-2H3. The van der Waals surface area contributed by atoms with Gasteiger partial charge in [0, 0.05) is 5.92 Å². The molecule has 1 saturated heterocycles. The van der Waals surface area contributed by atoms with Gasteiger partial charge < -0.3 is 14.8 Å². The van der Waals surface area contributed by atoms with E-state index in [0.717, 1.165) is 25.2 Å². The smallest absolute Gasteiger partial charge is 0.240 e. The molecule has 0 amide bonds. The average Bonchev–Trinajstić information content (AvgIpc) is 3.18. The van der Waals surface area contributed by atoms with Crippen LogP contribution in [-0.2, 0) is 13.1 Å². The van der Waals surface area contributed by atoms with Crippen LogP contribution in [0.3, 0.4) is 0 Å². The topological polar surface area (TPSA) is 107 Å². The molecule has 0 bridgehead atoms. The van der Waals surface area contributed by atoms with Crippen LogP contribution in [0.5, 0.6) is 0 Å². The lowest BCUT2D eigenvalue weighted by atomic mass is 10.2. The molecular formula is C13H20N6O2. The summed E-state index contributed by atoms with van der Waals surface area (Å²) < 4.78 is 10.3. The van der Waals surface area contributed by atoms with Crippen LogP contribution < -0.4 is 5.73 Å². The molecule has 0 spiro atoms. The summed E-state index contributed by atoms with van der Waals surface area (Å²) in [5.74, 6) is 2.78. The number of nitrogens with two attached hydrogens (primary N) is 1. The van der Waals surface area contributed by atoms with Gasteiger partial charge in [-0.2, -0.15) is 9.97 Å². The van der Waals surface area contributed by atoms with Crippen LogP contribution in [-0.4, -0.2) is 31.7 Å². The van der Waals surface area contributed by atoms with Gasteiger partial charge in [-0.1, -0.05) is 24.2 Å². The van der Waals surface area contributed by atoms with Gasteiger partial charge in [0.15, 0.2) is 11.6 Å². The van der Waals surface area contributed by atoms with Crippen molar-refractivity contribution in [2.45, 2.75) is 51.7 Å². The van der Waals surface area contributed by atoms with Crippen molar-refractivity contribution in [3.05, 3.63) is 23.4 Å². The monoisotopic (exact) mass is 292 g/mol. The van der Waals surface area contributed by atoms with Gasteiger partial charge in [-0.3, -0.25) is 4.90 Å². The first kappa shape index (κ1) is 14.2. The van der Waals surface area contributed by atoms with Crippen molar-refractivity contribution in [1.29, 1.82) is 0 Å². The summed E-state index contributed by atoms with van der Waals surface area (Å²) in [7, 11) is 0. The Bertz CT molecular complexity index is 593. The van der Waals surface area contributed by atoms with E-state index in [1.54, 1.807) is 0 Å². The highest BCUT2D eigenvalue weighted by Crippen LogP contribution is 2.31. The molecule has 0 saturated carbocycles. The molecule has 1 aliphatic rings. The lowest BCUT2D eigenvalue weighted by molar-refractivity contribution is 0.225. The molecular weight excluding hydrogens is 272 g/mol. The molecule has 8 heteroatoms. The molecule has 0 aromatic carbocycles. The minimum absolute atomic E-state index is 0.154. The van der Waals surface area contributed by atoms with Crippen LogP contribution in [0.1, 0.15) is 62.1 Å². The van der Waals surface area contributed by atoms with Gasteiger partial charge in [0.25, 0.3) is 0 Å². The SMILES string of the molecule is CC(C)c1nc(C2CCCN2Cc2noc(CN)n2)no1. The molecule has 3 heterocycles. The molecule has 1 atom stereocenters. The molecule has 2 aromatic rings. The van der Waals surface area contributed by atoms with E-state index in [4.69, 9.17) is 14.8 Å². The van der Waals surface area contributed by atoms with Crippen molar-refractivity contribution in [3.8, 4) is 0 Å². The summed E-state index contributed by atoms with van der Waals surface area (Å²) in [6.07, 6.45) is 2.11. The summed E-state index contributed by atoms with van der Waals surface area (Å²) in [6.45, 7) is 5.91. The Morgan fingerprint density at radius 1 is 1.29 bits per heavy atom. The molecule has 21 heavy (non-hydrogen) atoms. The quantitative estimate of drug-likeness (QED) is 0.880. The van der Waals surface area contributed by atoms with Gasteiger partial charge in [0.2, 0.25) is 11.8 Å². The molecule has 0 radical (unpaired) electrons. The predicted octanol–water partition coefficient (Wildman–Crippen LogP) is 1.37. The van der Waals surface area contributed by atoms with Gasteiger partial charge in [-0.25, -0.2) is 0 Å². The molecule has 8 nitrogen and oxygen atoms in total. The molecule has 1 fully saturated rings. The maximum Gasteiger partial charge on any atom is 0.240 e. The number of nitrogens with zero attached hydrogens (tertiary/aromatic N) is 5. The predicted molar refractivity (Wildman–Crippen MR) is 73.0 cm³/mol. The third-order valence-electron chi connectivity index (χ3n) is 3.64. The Kier molecular flexibility index (Phi) is 3.98. The van der Waals surface area contributed by atoms with E-state index >= 15 is 0 Å². The fraction of sp³-hybridized carbons (Fsp3) is 0.692. The zero-order valence-corrected chi connectivity index (χ0v) is 12.3. The summed E-state index contributed by atoms with van der Waals surface area (Å²) in [5.41, 5.74) is 5.48. The van der Waals surface area contributed by atoms with Crippen molar-refractivity contribution < 1.29 is 9.05 Å². The lowest BCUT2D eigenvalue weighted by Gasteiger charge is -2.19. The number of likely N-dealkylation sites (tertiary alicyclic amines) is 1. The maximum atomic E-state index is 5.48. The van der Waals surface area contributed by atoms with Gasteiger partial charge in [-0.15, -0.1) is 0 Å². The summed E-state index contributed by atoms with van der Waals surface area (Å²) in [6, 6.07) is 0.154. The third-order valence-corrected chi connectivity index (χ3v) is 3.64. The van der Waals surface area contributed by atoms with E-state index in [1.165, 1.54) is 0 Å². The first-order valence-corrected chi connectivity index (χ1v) is 7.26. The summed E-state index contributed by atoms with van der Waals surface area (Å²) >= 11 is 0. The fourth-order valence-corrected chi connectivity index (χ4v) is 2.54. The molecule has 1 aliphatic heterocycles. The van der Waals surface area contributed by atoms with Crippen molar-refractivity contribution >= 4 is 0 Å². The minimum atomic E-state index is 0.154. The number of hydrogen-bond acceptors (Lipinski definition) is 8. The Morgan fingerprint density at radius 2 is 2.14 bits per heavy atom. The maximum absolute atomic E-state index is 5.48. The second kappa shape index (κ2) is 5.90. The fourth-order valence-electron chi connectivity index (χ4n) is 2.54. The first-order valence-electron chi connectivity index (χ1n) is 7.26. The number of hydrogen-bond donors (Lipinski definition) is 1. The third kappa shape index (κ3) is 2.96. The molecule has 2 N–H and O–H groups in total. The second-order valence-electron chi connectivity index (χ2n) is 5.58. The lowest BCUT2D eigenvalue weighted by Crippen LogP contribution is -2.24. The summed E-state index contributed by atoms with van der Waals surface area (Å²) in [5, 5.41) is 8.06. The molecule has 0 aliphatic carbocycles. The Hall–Kier alpha value is -1.80. The van der Waals surface area contributed by atoms with E-state index in [9.17, 15) is 0 Å². The van der Waals surface area contributed by atoms with Crippen molar-refractivity contribution in [3.63, 3.8) is 0 Å². The van der Waals surface area contributed by atoms with Crippen LogP contribution in [0, 0.1) is 0 Å². The highest BCUT2D eigenvalue weighted by Gasteiger charge is 2.31. The average molecular weight is 292 g/mol. The molecule has 3 rings (SSSR count). The van der Waals surface area contributed by atoms with Crippen LogP contribution in [0.25, 0.3) is 0 Å². The highest BCUT2D eigenvalue weighted by atomic mass is 16.5. The van der Waals surface area contributed by atoms with E-state index in [0.29, 0.717) is 24.2 Å². The van der Waals surface area contributed by atoms with Crippen molar-refractivity contribution in [2.75, 3.05) is 6.54 Å². The second-order valence-corrected chi connectivity index (χ2v) is 5.58. The van der Waals surface area contributed by atoms with E-state index in [-0.39, 0.29) is 18.5 Å². The van der Waals surface area contributed by atoms with Crippen LogP contribution in [0.2, 0.25) is 0 Å². The van der Waals surface area contributed by atoms with Crippen LogP contribution in [0.15, 0.2) is 9.05 Å². The van der Waals surface area contributed by atoms with Crippen LogP contribution in [0.4, 0.5) is 0 Å². The zero-order chi connectivity index (χ0) is 14.8. The first-order chi connectivity index (χ1) is 10.2. The van der Waals surface area contributed by atoms with E-state index < -0.39 is 0 Å². The normalized spacial score (nSPS) is 19.7. The van der Waals surface area contributed by atoms with Gasteiger partial charge in [0.1, 0.15) is 0 Å². The Morgan fingerprint density at radius 3 is 2.81 bits per heavy atom. The van der Waals surface area contributed by atoms with Crippen molar-refractivity contribution in [2.24, 2.45) is 5.73 Å². The Labute approximate surface area is 122 Å². The largest absolute Gasteiger partial charge is 0.339 e. The van der Waals surface area contributed by atoms with Gasteiger partial charge >= 0.3 is 0 Å².